The Morgan fingerprint density at radius 2 is 1.88 bits per heavy atom. The molecule has 0 saturated carbocycles. The van der Waals surface area contributed by atoms with Gasteiger partial charge in [0.25, 0.3) is 5.91 Å². The van der Waals surface area contributed by atoms with Gasteiger partial charge in [0.1, 0.15) is 5.70 Å². The average molecular weight is 430 g/mol. The number of likely N-dealkylation sites (N-methyl/N-ethyl adjacent to an activating group) is 1. The highest BCUT2D eigenvalue weighted by Gasteiger charge is 2.27. The van der Waals surface area contributed by atoms with E-state index >= 15 is 0 Å². The van der Waals surface area contributed by atoms with E-state index in [0.717, 1.165) is 15.7 Å². The topological polar surface area (TPSA) is 61.8 Å². The lowest BCUT2D eigenvalue weighted by molar-refractivity contribution is -0.121. The number of carbonyl (C=O) groups excluding carboxylic acids is 2. The highest BCUT2D eigenvalue weighted by atomic mass is 79.9. The van der Waals surface area contributed by atoms with Crippen LogP contribution in [0.2, 0.25) is 0 Å². The number of carbonyl (C=O) groups is 2. The van der Waals surface area contributed by atoms with Gasteiger partial charge in [0.15, 0.2) is 5.17 Å². The Bertz CT molecular complexity index is 879. The molecular weight excluding hydrogens is 414 g/mol. The number of rotatable bonds is 4. The van der Waals surface area contributed by atoms with Crippen LogP contribution in [0.5, 0.6) is 0 Å². The molecule has 0 spiro atoms. The van der Waals surface area contributed by atoms with E-state index in [2.05, 4.69) is 26.2 Å². The summed E-state index contributed by atoms with van der Waals surface area (Å²) in [5, 5.41) is 3.33. The number of nitrogens with one attached hydrogen (secondary N) is 1. The van der Waals surface area contributed by atoms with E-state index in [1.165, 1.54) is 16.7 Å². The molecule has 132 valence electrons. The van der Waals surface area contributed by atoms with Crippen molar-refractivity contribution in [2.75, 3.05) is 18.1 Å². The minimum absolute atomic E-state index is 0.143. The van der Waals surface area contributed by atoms with Gasteiger partial charge in [-0.25, -0.2) is 4.99 Å². The number of halogens is 1. The van der Waals surface area contributed by atoms with E-state index in [1.807, 2.05) is 54.6 Å². The van der Waals surface area contributed by atoms with Crippen molar-refractivity contribution < 1.29 is 9.59 Å². The summed E-state index contributed by atoms with van der Waals surface area (Å²) in [6, 6.07) is 16.9. The van der Waals surface area contributed by atoms with Gasteiger partial charge in [0.05, 0.1) is 5.75 Å². The zero-order valence-corrected chi connectivity index (χ0v) is 16.4. The molecule has 0 atom stereocenters. The van der Waals surface area contributed by atoms with Crippen molar-refractivity contribution in [3.05, 3.63) is 70.3 Å². The molecule has 0 aliphatic carbocycles. The van der Waals surface area contributed by atoms with Crippen LogP contribution < -0.4 is 5.32 Å². The van der Waals surface area contributed by atoms with Gasteiger partial charge in [-0.1, -0.05) is 58.0 Å². The normalized spacial score (nSPS) is 15.3. The molecule has 7 heteroatoms. The predicted octanol–water partition coefficient (Wildman–Crippen LogP) is 3.99. The standard InChI is InChI=1S/C19H16BrN3O2S/c1-23-18(25)16(11-13-7-9-14(20)10-8-13)22-19(23)26-12-17(24)21-15-5-3-2-4-6-15/h2-11H,12H2,1H3,(H,21,24)/b16-11+. The number of thioether (sulfide) groups is 1. The zero-order chi connectivity index (χ0) is 18.5. The molecule has 0 fully saturated rings. The summed E-state index contributed by atoms with van der Waals surface area (Å²) in [5.74, 6) is -0.148. The average Bonchev–Trinajstić information content (AvgIpc) is 2.91. The molecule has 26 heavy (non-hydrogen) atoms. The van der Waals surface area contributed by atoms with Gasteiger partial charge in [-0.3, -0.25) is 14.5 Å². The van der Waals surface area contributed by atoms with E-state index < -0.39 is 0 Å². The van der Waals surface area contributed by atoms with Crippen LogP contribution in [-0.2, 0) is 9.59 Å². The van der Waals surface area contributed by atoms with Gasteiger partial charge in [0.2, 0.25) is 5.91 Å². The van der Waals surface area contributed by atoms with Gasteiger partial charge in [-0.15, -0.1) is 0 Å². The quantitative estimate of drug-likeness (QED) is 0.747. The molecule has 1 heterocycles. The lowest BCUT2D eigenvalue weighted by atomic mass is 10.2. The minimum Gasteiger partial charge on any atom is -0.325 e. The first-order chi connectivity index (χ1) is 12.5. The monoisotopic (exact) mass is 429 g/mol. The largest absolute Gasteiger partial charge is 0.325 e. The minimum atomic E-state index is -0.182. The number of aliphatic imine (C=N–C) groups is 1. The Hall–Kier alpha value is -2.38. The lowest BCUT2D eigenvalue weighted by Gasteiger charge is -2.10. The van der Waals surface area contributed by atoms with Crippen LogP contribution >= 0.6 is 27.7 Å². The maximum atomic E-state index is 12.3. The highest BCUT2D eigenvalue weighted by Crippen LogP contribution is 2.23. The van der Waals surface area contributed by atoms with Crippen molar-refractivity contribution in [2.45, 2.75) is 0 Å². The molecule has 0 unspecified atom stereocenters. The van der Waals surface area contributed by atoms with Crippen LogP contribution in [0.1, 0.15) is 5.56 Å². The number of anilines is 1. The number of benzene rings is 2. The Balaban J connectivity index is 1.64. The third-order valence-corrected chi connectivity index (χ3v) is 5.15. The summed E-state index contributed by atoms with van der Waals surface area (Å²) in [5.41, 5.74) is 1.99. The van der Waals surface area contributed by atoms with Crippen LogP contribution in [0.15, 0.2) is 69.8 Å². The molecule has 1 N–H and O–H groups in total. The van der Waals surface area contributed by atoms with Gasteiger partial charge in [0, 0.05) is 17.2 Å². The molecular formula is C19H16BrN3O2S. The summed E-state index contributed by atoms with van der Waals surface area (Å²) in [7, 11) is 1.66. The van der Waals surface area contributed by atoms with E-state index in [-0.39, 0.29) is 17.6 Å². The van der Waals surface area contributed by atoms with Gasteiger partial charge < -0.3 is 5.32 Å². The van der Waals surface area contributed by atoms with E-state index in [9.17, 15) is 9.59 Å². The van der Waals surface area contributed by atoms with E-state index in [1.54, 1.807) is 13.1 Å². The Morgan fingerprint density at radius 3 is 2.58 bits per heavy atom. The molecule has 0 aromatic heterocycles. The van der Waals surface area contributed by atoms with Crippen LogP contribution in [0.25, 0.3) is 6.08 Å². The molecule has 0 saturated heterocycles. The highest BCUT2D eigenvalue weighted by molar-refractivity contribution is 9.10. The summed E-state index contributed by atoms with van der Waals surface area (Å²) < 4.78 is 0.971. The van der Waals surface area contributed by atoms with Crippen molar-refractivity contribution in [3.8, 4) is 0 Å². The first kappa shape index (κ1) is 18.4. The Morgan fingerprint density at radius 1 is 1.19 bits per heavy atom. The predicted molar refractivity (Wildman–Crippen MR) is 110 cm³/mol. The Labute approximate surface area is 164 Å². The van der Waals surface area contributed by atoms with Crippen molar-refractivity contribution in [3.63, 3.8) is 0 Å². The van der Waals surface area contributed by atoms with Crippen LogP contribution in [-0.4, -0.2) is 34.7 Å². The zero-order valence-electron chi connectivity index (χ0n) is 14.0. The second-order valence-corrected chi connectivity index (χ2v) is 7.40. The first-order valence-corrected chi connectivity index (χ1v) is 9.62. The van der Waals surface area contributed by atoms with Gasteiger partial charge in [-0.2, -0.15) is 0 Å². The number of hydrogen-bond donors (Lipinski definition) is 1. The molecule has 5 nitrogen and oxygen atoms in total. The molecule has 0 radical (unpaired) electrons. The van der Waals surface area contributed by atoms with Crippen LogP contribution in [0.3, 0.4) is 0 Å². The summed E-state index contributed by atoms with van der Waals surface area (Å²) in [6.45, 7) is 0. The van der Waals surface area contributed by atoms with E-state index in [0.29, 0.717) is 10.9 Å². The maximum absolute atomic E-state index is 12.3. The first-order valence-electron chi connectivity index (χ1n) is 7.84. The van der Waals surface area contributed by atoms with Crippen LogP contribution in [0.4, 0.5) is 5.69 Å². The molecule has 2 amide bonds. The third kappa shape index (κ3) is 4.62. The summed E-state index contributed by atoms with van der Waals surface area (Å²) in [6.07, 6.45) is 1.74. The second kappa shape index (κ2) is 8.33. The SMILES string of the molecule is CN1C(=O)/C(=C\c2ccc(Br)cc2)N=C1SCC(=O)Nc1ccccc1. The molecule has 3 rings (SSSR count). The van der Waals surface area contributed by atoms with Crippen LogP contribution in [0, 0.1) is 0 Å². The third-order valence-electron chi connectivity index (χ3n) is 3.59. The summed E-state index contributed by atoms with van der Waals surface area (Å²) in [4.78, 5) is 30.2. The fourth-order valence-corrected chi connectivity index (χ4v) is 3.31. The molecule has 1 aliphatic rings. The maximum Gasteiger partial charge on any atom is 0.278 e. The van der Waals surface area contributed by atoms with Crippen molar-refractivity contribution in [1.82, 2.24) is 4.90 Å². The molecule has 0 bridgehead atoms. The fourth-order valence-electron chi connectivity index (χ4n) is 2.27. The number of para-hydroxylation sites is 1. The Kier molecular flexibility index (Phi) is 5.90. The van der Waals surface area contributed by atoms with Crippen molar-refractivity contribution >= 4 is 56.4 Å². The van der Waals surface area contributed by atoms with Crippen molar-refractivity contribution in [1.29, 1.82) is 0 Å². The molecule has 1 aliphatic heterocycles. The lowest BCUT2D eigenvalue weighted by Crippen LogP contribution is -2.27. The van der Waals surface area contributed by atoms with Crippen molar-refractivity contribution in [2.24, 2.45) is 4.99 Å². The van der Waals surface area contributed by atoms with Gasteiger partial charge in [-0.05, 0) is 35.9 Å². The number of hydrogen-bond acceptors (Lipinski definition) is 4. The molecule has 2 aromatic rings. The summed E-state index contributed by atoms with van der Waals surface area (Å²) >= 11 is 4.62. The number of amidine groups is 1. The van der Waals surface area contributed by atoms with Gasteiger partial charge >= 0.3 is 0 Å². The second-order valence-electron chi connectivity index (χ2n) is 5.54. The fraction of sp³-hybridized carbons (Fsp3) is 0.105. The smallest absolute Gasteiger partial charge is 0.278 e. The van der Waals surface area contributed by atoms with E-state index in [4.69, 9.17) is 0 Å². The number of nitrogens with zero attached hydrogens (tertiary/aromatic N) is 2. The molecule has 2 aromatic carbocycles. The number of amides is 2.